The van der Waals surface area contributed by atoms with Gasteiger partial charge in [0.25, 0.3) is 0 Å². The number of hydrogen-bond acceptors (Lipinski definition) is 3. The summed E-state index contributed by atoms with van der Waals surface area (Å²) >= 11 is 1.44. The van der Waals surface area contributed by atoms with E-state index in [4.69, 9.17) is 9.84 Å². The highest BCUT2D eigenvalue weighted by Crippen LogP contribution is 2.30. The topological polar surface area (TPSA) is 29.5 Å². The standard InChI is InChI=1S/C14H13FO2S/c1-17-12-2-4-13(5-3-12)18-14-7-10(9-16)6-11(15)8-14/h2-8,16H,9H2,1H3. The molecule has 94 valence electrons. The molecule has 0 aliphatic carbocycles. The van der Waals surface area contributed by atoms with Gasteiger partial charge in [0.05, 0.1) is 13.7 Å². The second-order valence-corrected chi connectivity index (χ2v) is 4.88. The Balaban J connectivity index is 2.19. The van der Waals surface area contributed by atoms with Crippen LogP contribution in [-0.2, 0) is 6.61 Å². The number of aliphatic hydroxyl groups is 1. The molecule has 0 saturated carbocycles. The van der Waals surface area contributed by atoms with Crippen molar-refractivity contribution in [3.63, 3.8) is 0 Å². The van der Waals surface area contributed by atoms with E-state index in [9.17, 15) is 4.39 Å². The van der Waals surface area contributed by atoms with Crippen LogP contribution in [0.1, 0.15) is 5.56 Å². The predicted molar refractivity (Wildman–Crippen MR) is 69.4 cm³/mol. The molecule has 2 aromatic carbocycles. The molecule has 0 unspecified atom stereocenters. The fraction of sp³-hybridized carbons (Fsp3) is 0.143. The van der Waals surface area contributed by atoms with E-state index in [0.29, 0.717) is 5.56 Å². The zero-order valence-corrected chi connectivity index (χ0v) is 10.7. The van der Waals surface area contributed by atoms with Crippen LogP contribution in [0.3, 0.4) is 0 Å². The SMILES string of the molecule is COc1ccc(Sc2cc(F)cc(CO)c2)cc1. The van der Waals surface area contributed by atoms with Gasteiger partial charge in [0.1, 0.15) is 11.6 Å². The van der Waals surface area contributed by atoms with Gasteiger partial charge in [-0.15, -0.1) is 0 Å². The second-order valence-electron chi connectivity index (χ2n) is 3.73. The molecule has 0 bridgehead atoms. The Morgan fingerprint density at radius 2 is 1.83 bits per heavy atom. The van der Waals surface area contributed by atoms with Crippen molar-refractivity contribution in [2.75, 3.05) is 7.11 Å². The lowest BCUT2D eigenvalue weighted by Gasteiger charge is -2.05. The summed E-state index contributed by atoms with van der Waals surface area (Å²) in [5, 5.41) is 9.03. The van der Waals surface area contributed by atoms with Gasteiger partial charge in [-0.1, -0.05) is 11.8 Å². The minimum absolute atomic E-state index is 0.159. The lowest BCUT2D eigenvalue weighted by Crippen LogP contribution is -1.87. The lowest BCUT2D eigenvalue weighted by atomic mass is 10.2. The average Bonchev–Trinajstić information content (AvgIpc) is 2.39. The Morgan fingerprint density at radius 3 is 2.44 bits per heavy atom. The summed E-state index contributed by atoms with van der Waals surface area (Å²) in [6.07, 6.45) is 0. The first-order valence-corrected chi connectivity index (χ1v) is 6.25. The zero-order valence-electron chi connectivity index (χ0n) is 9.89. The van der Waals surface area contributed by atoms with Gasteiger partial charge in [0.15, 0.2) is 0 Å². The summed E-state index contributed by atoms with van der Waals surface area (Å²) in [7, 11) is 1.61. The summed E-state index contributed by atoms with van der Waals surface area (Å²) in [6, 6.07) is 12.1. The maximum Gasteiger partial charge on any atom is 0.124 e. The summed E-state index contributed by atoms with van der Waals surface area (Å²) in [6.45, 7) is -0.159. The number of methoxy groups -OCH3 is 1. The van der Waals surface area contributed by atoms with E-state index < -0.39 is 0 Å². The van der Waals surface area contributed by atoms with Crippen LogP contribution < -0.4 is 4.74 Å². The first-order chi connectivity index (χ1) is 8.71. The van der Waals surface area contributed by atoms with Crippen LogP contribution >= 0.6 is 11.8 Å². The zero-order chi connectivity index (χ0) is 13.0. The normalized spacial score (nSPS) is 10.4. The number of hydrogen-bond donors (Lipinski definition) is 1. The molecule has 0 aliphatic heterocycles. The van der Waals surface area contributed by atoms with Crippen LogP contribution in [0, 0.1) is 5.82 Å². The number of benzene rings is 2. The quantitative estimate of drug-likeness (QED) is 0.916. The van der Waals surface area contributed by atoms with E-state index in [1.165, 1.54) is 23.9 Å². The van der Waals surface area contributed by atoms with E-state index in [-0.39, 0.29) is 12.4 Å². The molecule has 0 spiro atoms. The van der Waals surface area contributed by atoms with E-state index >= 15 is 0 Å². The summed E-state index contributed by atoms with van der Waals surface area (Å²) in [5.74, 6) is 0.451. The van der Waals surface area contributed by atoms with Gasteiger partial charge in [-0.3, -0.25) is 0 Å². The van der Waals surface area contributed by atoms with Crippen LogP contribution in [0.15, 0.2) is 52.3 Å². The molecule has 0 aliphatic rings. The third-order valence-electron chi connectivity index (χ3n) is 2.41. The Hall–Kier alpha value is -1.52. The van der Waals surface area contributed by atoms with Gasteiger partial charge in [-0.05, 0) is 48.0 Å². The van der Waals surface area contributed by atoms with Crippen molar-refractivity contribution in [2.24, 2.45) is 0 Å². The number of halogens is 1. The van der Waals surface area contributed by atoms with Crippen LogP contribution in [0.5, 0.6) is 5.75 Å². The molecule has 18 heavy (non-hydrogen) atoms. The third kappa shape index (κ3) is 3.24. The molecule has 0 fully saturated rings. The lowest BCUT2D eigenvalue weighted by molar-refractivity contribution is 0.281. The Kier molecular flexibility index (Phi) is 4.23. The van der Waals surface area contributed by atoms with E-state index in [1.54, 1.807) is 13.2 Å². The van der Waals surface area contributed by atoms with Crippen LogP contribution in [0.2, 0.25) is 0 Å². The molecular formula is C14H13FO2S. The Morgan fingerprint density at radius 1 is 1.11 bits per heavy atom. The monoisotopic (exact) mass is 264 g/mol. The van der Waals surface area contributed by atoms with Gasteiger partial charge < -0.3 is 9.84 Å². The Bertz CT molecular complexity index is 526. The third-order valence-corrected chi connectivity index (χ3v) is 3.39. The van der Waals surface area contributed by atoms with Crippen molar-refractivity contribution < 1.29 is 14.2 Å². The van der Waals surface area contributed by atoms with Gasteiger partial charge in [0.2, 0.25) is 0 Å². The van der Waals surface area contributed by atoms with Crippen molar-refractivity contribution in [3.05, 3.63) is 53.8 Å². The molecule has 0 radical (unpaired) electrons. The van der Waals surface area contributed by atoms with Gasteiger partial charge in [0, 0.05) is 9.79 Å². The molecule has 2 aromatic rings. The maximum atomic E-state index is 13.3. The Labute approximate surface area is 109 Å². The molecule has 1 N–H and O–H groups in total. The second kappa shape index (κ2) is 5.89. The van der Waals surface area contributed by atoms with Gasteiger partial charge in [-0.25, -0.2) is 4.39 Å². The van der Waals surface area contributed by atoms with E-state index in [2.05, 4.69) is 0 Å². The van der Waals surface area contributed by atoms with Crippen LogP contribution in [0.4, 0.5) is 4.39 Å². The highest BCUT2D eigenvalue weighted by atomic mass is 32.2. The molecule has 4 heteroatoms. The molecule has 2 nitrogen and oxygen atoms in total. The first kappa shape index (κ1) is 12.9. The molecule has 2 rings (SSSR count). The van der Waals surface area contributed by atoms with E-state index in [0.717, 1.165) is 15.5 Å². The molecule has 0 heterocycles. The van der Waals surface area contributed by atoms with Crippen molar-refractivity contribution in [1.29, 1.82) is 0 Å². The highest BCUT2D eigenvalue weighted by molar-refractivity contribution is 7.99. The predicted octanol–water partition coefficient (Wildman–Crippen LogP) is 3.48. The highest BCUT2D eigenvalue weighted by Gasteiger charge is 2.03. The first-order valence-electron chi connectivity index (χ1n) is 5.43. The molecule has 0 atom stereocenters. The van der Waals surface area contributed by atoms with Crippen LogP contribution in [0.25, 0.3) is 0 Å². The summed E-state index contributed by atoms with van der Waals surface area (Å²) < 4.78 is 18.4. The molecule has 0 amide bonds. The minimum Gasteiger partial charge on any atom is -0.497 e. The van der Waals surface area contributed by atoms with Crippen molar-refractivity contribution in [2.45, 2.75) is 16.4 Å². The summed E-state index contributed by atoms with van der Waals surface area (Å²) in [4.78, 5) is 1.76. The van der Waals surface area contributed by atoms with Gasteiger partial charge >= 0.3 is 0 Å². The van der Waals surface area contributed by atoms with Crippen LogP contribution in [-0.4, -0.2) is 12.2 Å². The fourth-order valence-electron chi connectivity index (χ4n) is 1.55. The minimum atomic E-state index is -0.336. The number of ether oxygens (including phenoxy) is 1. The van der Waals surface area contributed by atoms with E-state index in [1.807, 2.05) is 24.3 Å². The number of rotatable bonds is 4. The fourth-order valence-corrected chi connectivity index (χ4v) is 2.48. The maximum absolute atomic E-state index is 13.3. The summed E-state index contributed by atoms with van der Waals surface area (Å²) in [5.41, 5.74) is 0.575. The number of aliphatic hydroxyl groups excluding tert-OH is 1. The molecule has 0 aromatic heterocycles. The molecular weight excluding hydrogens is 251 g/mol. The molecule has 0 saturated heterocycles. The van der Waals surface area contributed by atoms with Crippen molar-refractivity contribution in [1.82, 2.24) is 0 Å². The average molecular weight is 264 g/mol. The smallest absolute Gasteiger partial charge is 0.124 e. The largest absolute Gasteiger partial charge is 0.497 e. The van der Waals surface area contributed by atoms with Crippen molar-refractivity contribution >= 4 is 11.8 Å². The van der Waals surface area contributed by atoms with Gasteiger partial charge in [-0.2, -0.15) is 0 Å². The van der Waals surface area contributed by atoms with Crippen molar-refractivity contribution in [3.8, 4) is 5.75 Å².